The van der Waals surface area contributed by atoms with Crippen molar-refractivity contribution in [2.75, 3.05) is 5.73 Å². The second-order valence-corrected chi connectivity index (χ2v) is 5.47. The van der Waals surface area contributed by atoms with Crippen molar-refractivity contribution in [2.24, 2.45) is 0 Å². The second kappa shape index (κ2) is 3.16. The van der Waals surface area contributed by atoms with E-state index in [9.17, 15) is 0 Å². The molecule has 86 valence electrons. The molecule has 1 aliphatic carbocycles. The maximum atomic E-state index is 5.90. The third-order valence-electron chi connectivity index (χ3n) is 3.39. The highest BCUT2D eigenvalue weighted by Crippen LogP contribution is 2.37. The predicted octanol–water partition coefficient (Wildman–Crippen LogP) is 1.80. The molecule has 0 bridgehead atoms. The molecule has 5 nitrogen and oxygen atoms in total. The maximum absolute atomic E-state index is 5.90. The first-order valence-electron chi connectivity index (χ1n) is 5.74. The average Bonchev–Trinajstić information content (AvgIpc) is 2.90. The lowest BCUT2D eigenvalue weighted by atomic mass is 9.97. The van der Waals surface area contributed by atoms with Gasteiger partial charge in [0.05, 0.1) is 5.39 Å². The van der Waals surface area contributed by atoms with Crippen LogP contribution in [0.4, 0.5) is 5.95 Å². The van der Waals surface area contributed by atoms with Crippen molar-refractivity contribution in [1.82, 2.24) is 19.6 Å². The molecule has 0 amide bonds. The Balaban J connectivity index is 2.23. The number of rotatable bonds is 0. The summed E-state index contributed by atoms with van der Waals surface area (Å²) in [6, 6.07) is 0. The van der Waals surface area contributed by atoms with E-state index in [-0.39, 0.29) is 0 Å². The molecule has 0 atom stereocenters. The topological polar surface area (TPSA) is 69.1 Å². The van der Waals surface area contributed by atoms with Crippen LogP contribution in [0.3, 0.4) is 0 Å². The smallest absolute Gasteiger partial charge is 0.208 e. The summed E-state index contributed by atoms with van der Waals surface area (Å²) in [5, 5.41) is 9.29. The first kappa shape index (κ1) is 9.35. The fourth-order valence-electron chi connectivity index (χ4n) is 2.59. The van der Waals surface area contributed by atoms with Crippen molar-refractivity contribution in [2.45, 2.75) is 25.7 Å². The lowest BCUT2D eigenvalue weighted by Crippen LogP contribution is -2.01. The number of hydrogen-bond donors (Lipinski definition) is 1. The fourth-order valence-corrected chi connectivity index (χ4v) is 3.85. The van der Waals surface area contributed by atoms with Crippen molar-refractivity contribution in [3.8, 4) is 0 Å². The van der Waals surface area contributed by atoms with Gasteiger partial charge < -0.3 is 5.73 Å². The number of aromatic nitrogens is 4. The summed E-state index contributed by atoms with van der Waals surface area (Å²) in [5.74, 6) is 0.469. The molecule has 0 aromatic carbocycles. The van der Waals surface area contributed by atoms with Gasteiger partial charge in [-0.1, -0.05) is 0 Å². The van der Waals surface area contributed by atoms with E-state index in [1.807, 2.05) is 0 Å². The van der Waals surface area contributed by atoms with Gasteiger partial charge in [0.1, 0.15) is 11.2 Å². The zero-order valence-corrected chi connectivity index (χ0v) is 10.00. The average molecular weight is 245 g/mol. The molecule has 0 radical (unpaired) electrons. The van der Waals surface area contributed by atoms with Gasteiger partial charge >= 0.3 is 0 Å². The SMILES string of the molecule is Nc1nc2sc3c(c2c2nncn12)CCCC3. The normalized spacial score (nSPS) is 15.5. The van der Waals surface area contributed by atoms with E-state index < -0.39 is 0 Å². The van der Waals surface area contributed by atoms with Crippen LogP contribution in [0.2, 0.25) is 0 Å². The largest absolute Gasteiger partial charge is 0.369 e. The number of nitrogens with zero attached hydrogens (tertiary/aromatic N) is 4. The monoisotopic (exact) mass is 245 g/mol. The van der Waals surface area contributed by atoms with Crippen LogP contribution in [-0.4, -0.2) is 19.6 Å². The molecular formula is C11H11N5S. The number of anilines is 1. The lowest BCUT2D eigenvalue weighted by molar-refractivity contribution is 0.700. The number of aryl methyl sites for hydroxylation is 2. The van der Waals surface area contributed by atoms with Crippen molar-refractivity contribution in [3.63, 3.8) is 0 Å². The van der Waals surface area contributed by atoms with Crippen molar-refractivity contribution in [3.05, 3.63) is 16.8 Å². The highest BCUT2D eigenvalue weighted by molar-refractivity contribution is 7.19. The minimum atomic E-state index is 0.469. The molecule has 3 heterocycles. The van der Waals surface area contributed by atoms with E-state index in [4.69, 9.17) is 5.73 Å². The van der Waals surface area contributed by atoms with Gasteiger partial charge in [-0.05, 0) is 31.2 Å². The van der Waals surface area contributed by atoms with Gasteiger partial charge in [0.25, 0.3) is 0 Å². The zero-order valence-electron chi connectivity index (χ0n) is 9.18. The Hall–Kier alpha value is -1.69. The van der Waals surface area contributed by atoms with Gasteiger partial charge in [-0.15, -0.1) is 21.5 Å². The van der Waals surface area contributed by atoms with E-state index in [0.29, 0.717) is 5.95 Å². The van der Waals surface area contributed by atoms with E-state index in [2.05, 4.69) is 15.2 Å². The van der Waals surface area contributed by atoms with Crippen LogP contribution in [0, 0.1) is 0 Å². The first-order valence-corrected chi connectivity index (χ1v) is 6.55. The first-order chi connectivity index (χ1) is 8.34. The minimum Gasteiger partial charge on any atom is -0.369 e. The third kappa shape index (κ3) is 1.16. The molecule has 0 spiro atoms. The minimum absolute atomic E-state index is 0.469. The third-order valence-corrected chi connectivity index (χ3v) is 4.57. The van der Waals surface area contributed by atoms with Gasteiger partial charge in [0.2, 0.25) is 5.95 Å². The Bertz CT molecular complexity index is 726. The number of nitrogen functional groups attached to an aromatic ring is 1. The summed E-state index contributed by atoms with van der Waals surface area (Å²) in [4.78, 5) is 6.92. The Kier molecular flexibility index (Phi) is 1.74. The van der Waals surface area contributed by atoms with Gasteiger partial charge in [0, 0.05) is 4.88 Å². The highest BCUT2D eigenvalue weighted by atomic mass is 32.1. The number of thiophene rings is 1. The van der Waals surface area contributed by atoms with E-state index in [0.717, 1.165) is 28.7 Å². The van der Waals surface area contributed by atoms with Crippen LogP contribution < -0.4 is 5.73 Å². The summed E-state index contributed by atoms with van der Waals surface area (Å²) < 4.78 is 1.77. The highest BCUT2D eigenvalue weighted by Gasteiger charge is 2.20. The van der Waals surface area contributed by atoms with Crippen LogP contribution in [0.25, 0.3) is 15.9 Å². The molecule has 0 fully saturated rings. The summed E-state index contributed by atoms with van der Waals surface area (Å²) in [7, 11) is 0. The molecule has 0 saturated carbocycles. The number of nitrogens with two attached hydrogens (primary N) is 1. The second-order valence-electron chi connectivity index (χ2n) is 4.39. The molecular weight excluding hydrogens is 234 g/mol. The summed E-state index contributed by atoms with van der Waals surface area (Å²) in [6.07, 6.45) is 6.45. The van der Waals surface area contributed by atoms with E-state index in [1.54, 1.807) is 22.1 Å². The number of fused-ring (bicyclic) bond motifs is 5. The fraction of sp³-hybridized carbons (Fsp3) is 0.364. The van der Waals surface area contributed by atoms with E-state index >= 15 is 0 Å². The van der Waals surface area contributed by atoms with Crippen LogP contribution in [-0.2, 0) is 12.8 Å². The molecule has 0 aliphatic heterocycles. The van der Waals surface area contributed by atoms with Crippen LogP contribution >= 0.6 is 11.3 Å². The molecule has 17 heavy (non-hydrogen) atoms. The quantitative estimate of drug-likeness (QED) is 0.655. The molecule has 3 aromatic heterocycles. The molecule has 3 aromatic rings. The Labute approximate surface area is 101 Å². The standard InChI is InChI=1S/C11H11N5S/c12-11-14-10-8(9-15-13-5-16(9)11)6-3-1-2-4-7(6)17-10/h5H,1-4H2,(H2,12,14). The Morgan fingerprint density at radius 1 is 1.29 bits per heavy atom. The lowest BCUT2D eigenvalue weighted by Gasteiger charge is -2.10. The summed E-state index contributed by atoms with van der Waals surface area (Å²) >= 11 is 1.76. The molecule has 4 rings (SSSR count). The number of hydrogen-bond acceptors (Lipinski definition) is 5. The molecule has 2 N–H and O–H groups in total. The summed E-state index contributed by atoms with van der Waals surface area (Å²) in [5.41, 5.74) is 8.18. The van der Waals surface area contributed by atoms with Crippen molar-refractivity contribution >= 4 is 33.1 Å². The van der Waals surface area contributed by atoms with Gasteiger partial charge in [-0.3, -0.25) is 4.40 Å². The molecule has 0 unspecified atom stereocenters. The van der Waals surface area contributed by atoms with Gasteiger partial charge in [-0.25, -0.2) is 4.98 Å². The zero-order chi connectivity index (χ0) is 11.4. The van der Waals surface area contributed by atoms with Gasteiger partial charge in [-0.2, -0.15) is 0 Å². The molecule has 6 heteroatoms. The van der Waals surface area contributed by atoms with Crippen LogP contribution in [0.1, 0.15) is 23.3 Å². The van der Waals surface area contributed by atoms with E-state index in [1.165, 1.54) is 23.3 Å². The Morgan fingerprint density at radius 3 is 3.12 bits per heavy atom. The summed E-state index contributed by atoms with van der Waals surface area (Å²) in [6.45, 7) is 0. The van der Waals surface area contributed by atoms with Crippen LogP contribution in [0.15, 0.2) is 6.33 Å². The maximum Gasteiger partial charge on any atom is 0.208 e. The van der Waals surface area contributed by atoms with Gasteiger partial charge in [0.15, 0.2) is 5.65 Å². The molecule has 1 aliphatic rings. The Morgan fingerprint density at radius 2 is 2.18 bits per heavy atom. The molecule has 0 saturated heterocycles. The van der Waals surface area contributed by atoms with Crippen molar-refractivity contribution in [1.29, 1.82) is 0 Å². The predicted molar refractivity (Wildman–Crippen MR) is 67.2 cm³/mol. The van der Waals surface area contributed by atoms with Crippen molar-refractivity contribution < 1.29 is 0 Å². The van der Waals surface area contributed by atoms with Crippen LogP contribution in [0.5, 0.6) is 0 Å².